The molecule has 1 aliphatic heterocycles. The zero-order valence-corrected chi connectivity index (χ0v) is 21.0. The Hall–Kier alpha value is -3.36. The van der Waals surface area contributed by atoms with E-state index < -0.39 is 28.7 Å². The first kappa shape index (κ1) is 25.3. The lowest BCUT2D eigenvalue weighted by atomic mass is 9.96. The molecule has 1 fully saturated rings. The van der Waals surface area contributed by atoms with Crippen LogP contribution >= 0.6 is 0 Å². The third-order valence-corrected chi connectivity index (χ3v) is 8.25. The number of halogens is 3. The summed E-state index contributed by atoms with van der Waals surface area (Å²) in [5.74, 6) is 0. The predicted molar refractivity (Wildman–Crippen MR) is 128 cm³/mol. The minimum atomic E-state index is -4.32. The summed E-state index contributed by atoms with van der Waals surface area (Å²) < 4.78 is 68.9. The van der Waals surface area contributed by atoms with Gasteiger partial charge < -0.3 is 0 Å². The van der Waals surface area contributed by atoms with E-state index in [1.807, 2.05) is 25.1 Å². The van der Waals surface area contributed by atoms with Crippen LogP contribution in [0, 0.1) is 6.92 Å². The minimum absolute atomic E-state index is 0.0140. The van der Waals surface area contributed by atoms with Crippen LogP contribution in [-0.2, 0) is 17.1 Å². The van der Waals surface area contributed by atoms with Crippen LogP contribution in [0.1, 0.15) is 23.6 Å². The topological polar surface area (TPSA) is 102 Å². The zero-order chi connectivity index (χ0) is 26.4. The van der Waals surface area contributed by atoms with Crippen molar-refractivity contribution in [3.8, 4) is 5.69 Å². The number of nitrogens with zero attached hydrogens (tertiary/aromatic N) is 8. The second-order valence-corrected chi connectivity index (χ2v) is 10.9. The van der Waals surface area contributed by atoms with Crippen molar-refractivity contribution in [1.29, 1.82) is 0 Å². The number of piperazine rings is 1. The maximum absolute atomic E-state index is 13.3. The van der Waals surface area contributed by atoms with E-state index >= 15 is 0 Å². The number of hydrogen-bond acceptors (Lipinski definition) is 7. The van der Waals surface area contributed by atoms with Crippen molar-refractivity contribution in [3.05, 3.63) is 60.2 Å². The van der Waals surface area contributed by atoms with E-state index in [-0.39, 0.29) is 31.2 Å². The highest BCUT2D eigenvalue weighted by molar-refractivity contribution is 7.89. The summed E-state index contributed by atoms with van der Waals surface area (Å²) in [5, 5.41) is 12.8. The normalized spacial score (nSPS) is 18.0. The molecule has 1 aliphatic rings. The molecule has 5 rings (SSSR count). The fourth-order valence-electron chi connectivity index (χ4n) is 4.66. The first-order valence-corrected chi connectivity index (χ1v) is 13.0. The quantitative estimate of drug-likeness (QED) is 0.375. The van der Waals surface area contributed by atoms with E-state index in [0.717, 1.165) is 32.5 Å². The molecule has 0 aliphatic carbocycles. The molecular weight excluding hydrogens is 509 g/mol. The fourth-order valence-corrected chi connectivity index (χ4v) is 5.99. The Bertz CT molecular complexity index is 1520. The highest BCUT2D eigenvalue weighted by Gasteiger charge is 2.38. The first-order valence-electron chi connectivity index (χ1n) is 11.6. The van der Waals surface area contributed by atoms with E-state index in [1.165, 1.54) is 17.5 Å². The molecule has 14 heteroatoms. The van der Waals surface area contributed by atoms with Gasteiger partial charge in [0.05, 0.1) is 36.2 Å². The molecule has 0 N–H and O–H groups in total. The maximum atomic E-state index is 13.3. The molecule has 196 valence electrons. The van der Waals surface area contributed by atoms with Crippen LogP contribution in [0.3, 0.4) is 0 Å². The Kier molecular flexibility index (Phi) is 6.50. The Morgan fingerprint density at radius 3 is 2.59 bits per heavy atom. The number of fused-ring (bicyclic) bond motifs is 1. The summed E-state index contributed by atoms with van der Waals surface area (Å²) in [5.41, 5.74) is 3.16. The number of aromatic nitrogens is 6. The Morgan fingerprint density at radius 2 is 1.92 bits per heavy atom. The molecular formula is C23H25F3N8O2S. The molecule has 37 heavy (non-hydrogen) atoms. The van der Waals surface area contributed by atoms with Crippen molar-refractivity contribution < 1.29 is 21.6 Å². The van der Waals surface area contributed by atoms with Crippen molar-refractivity contribution in [2.24, 2.45) is 7.05 Å². The summed E-state index contributed by atoms with van der Waals surface area (Å²) >= 11 is 0. The average Bonchev–Trinajstić information content (AvgIpc) is 3.48. The van der Waals surface area contributed by atoms with E-state index in [0.29, 0.717) is 0 Å². The fraction of sp³-hybridized carbons (Fsp3) is 0.391. The van der Waals surface area contributed by atoms with E-state index in [4.69, 9.17) is 0 Å². The van der Waals surface area contributed by atoms with Crippen LogP contribution in [0.2, 0.25) is 0 Å². The summed E-state index contributed by atoms with van der Waals surface area (Å²) in [6.07, 6.45) is 0.896. The van der Waals surface area contributed by atoms with Crippen molar-refractivity contribution in [2.75, 3.05) is 26.2 Å². The van der Waals surface area contributed by atoms with Gasteiger partial charge in [0.25, 0.3) is 10.0 Å². The molecule has 0 amide bonds. The average molecular weight is 535 g/mol. The van der Waals surface area contributed by atoms with Crippen LogP contribution in [0.5, 0.6) is 0 Å². The molecule has 1 atom stereocenters. The molecule has 0 saturated carbocycles. The monoisotopic (exact) mass is 534 g/mol. The van der Waals surface area contributed by atoms with Gasteiger partial charge in [-0.1, -0.05) is 0 Å². The molecule has 0 radical (unpaired) electrons. The van der Waals surface area contributed by atoms with Crippen LogP contribution in [-0.4, -0.2) is 79.7 Å². The molecule has 1 unspecified atom stereocenters. The largest absolute Gasteiger partial charge is 0.390 e. The summed E-state index contributed by atoms with van der Waals surface area (Å²) in [6, 6.07) is 6.89. The lowest BCUT2D eigenvalue weighted by molar-refractivity contribution is -0.140. The number of benzene rings is 1. The maximum Gasteiger partial charge on any atom is 0.390 e. The van der Waals surface area contributed by atoms with E-state index in [2.05, 4.69) is 20.3 Å². The van der Waals surface area contributed by atoms with E-state index in [1.54, 1.807) is 34.2 Å². The Balaban J connectivity index is 1.52. The summed E-state index contributed by atoms with van der Waals surface area (Å²) in [7, 11) is -2.45. The smallest absolute Gasteiger partial charge is 0.293 e. The van der Waals surface area contributed by atoms with Crippen LogP contribution in [0.4, 0.5) is 13.2 Å². The van der Waals surface area contributed by atoms with Gasteiger partial charge in [0, 0.05) is 50.9 Å². The highest BCUT2D eigenvalue weighted by atomic mass is 32.2. The lowest BCUT2D eigenvalue weighted by Crippen LogP contribution is -2.51. The van der Waals surface area contributed by atoms with Crippen molar-refractivity contribution >= 4 is 20.9 Å². The van der Waals surface area contributed by atoms with Gasteiger partial charge in [0.1, 0.15) is 0 Å². The molecule has 1 saturated heterocycles. The summed E-state index contributed by atoms with van der Waals surface area (Å²) in [6.45, 7) is 1.81. The molecule has 10 nitrogen and oxygen atoms in total. The van der Waals surface area contributed by atoms with Crippen molar-refractivity contribution in [1.82, 2.24) is 39.0 Å². The molecule has 0 spiro atoms. The van der Waals surface area contributed by atoms with Gasteiger partial charge >= 0.3 is 6.18 Å². The second kappa shape index (κ2) is 9.50. The van der Waals surface area contributed by atoms with Crippen molar-refractivity contribution in [3.63, 3.8) is 0 Å². The first-order chi connectivity index (χ1) is 17.5. The van der Waals surface area contributed by atoms with Crippen LogP contribution in [0.15, 0.2) is 54.1 Å². The standard InChI is InChI=1S/C23H25F3N8O2S/c1-16-10-20-17(12-29-34(20)18-4-3-6-27-13-18)11-19(16)21-15-33(9-8-32(21)7-5-23(24,25)26)37(35,36)22-14-28-31(2)30-22/h3-4,6,10-14,21H,5,7-9,15H2,1-2H3. The number of pyridine rings is 1. The molecule has 4 heterocycles. The SMILES string of the molecule is Cc1cc2c(cnn2-c2cccnc2)cc1C1CN(S(=O)(=O)c2cnn(C)n2)CCN1CCC(F)(F)F. The van der Waals surface area contributed by atoms with Gasteiger partial charge in [-0.2, -0.15) is 32.5 Å². The van der Waals surface area contributed by atoms with Crippen molar-refractivity contribution in [2.45, 2.75) is 30.6 Å². The van der Waals surface area contributed by atoms with Crippen LogP contribution < -0.4 is 0 Å². The third kappa shape index (κ3) is 5.08. The second-order valence-electron chi connectivity index (χ2n) is 8.99. The zero-order valence-electron chi connectivity index (χ0n) is 20.2. The number of aryl methyl sites for hydroxylation is 2. The Morgan fingerprint density at radius 1 is 1.11 bits per heavy atom. The van der Waals surface area contributed by atoms with Gasteiger partial charge in [-0.3, -0.25) is 9.88 Å². The van der Waals surface area contributed by atoms with E-state index in [9.17, 15) is 21.6 Å². The number of rotatable bonds is 6. The summed E-state index contributed by atoms with van der Waals surface area (Å²) in [4.78, 5) is 6.99. The Labute approximate surface area is 211 Å². The minimum Gasteiger partial charge on any atom is -0.293 e. The number of alkyl halides is 3. The predicted octanol–water partition coefficient (Wildman–Crippen LogP) is 2.86. The number of sulfonamides is 1. The van der Waals surface area contributed by atoms with Gasteiger partial charge in [-0.05, 0) is 42.3 Å². The van der Waals surface area contributed by atoms with Gasteiger partial charge in [0.15, 0.2) is 0 Å². The van der Waals surface area contributed by atoms with Crippen LogP contribution in [0.25, 0.3) is 16.6 Å². The third-order valence-electron chi connectivity index (χ3n) is 6.52. The molecule has 0 bridgehead atoms. The highest BCUT2D eigenvalue weighted by Crippen LogP contribution is 2.34. The molecule has 1 aromatic carbocycles. The van der Waals surface area contributed by atoms with Gasteiger partial charge in [-0.25, -0.2) is 13.1 Å². The van der Waals surface area contributed by atoms with Gasteiger partial charge in [0.2, 0.25) is 5.03 Å². The van der Waals surface area contributed by atoms with Gasteiger partial charge in [-0.15, -0.1) is 5.10 Å². The number of hydrogen-bond donors (Lipinski definition) is 0. The molecule has 3 aromatic heterocycles. The molecule has 4 aromatic rings. The lowest BCUT2D eigenvalue weighted by Gasteiger charge is -2.41.